The molecule has 100 valence electrons. The molecule has 0 spiro atoms. The van der Waals surface area contributed by atoms with Crippen LogP contribution in [0.25, 0.3) is 0 Å². The molecule has 0 saturated carbocycles. The van der Waals surface area contributed by atoms with E-state index in [1.54, 1.807) is 4.90 Å². The van der Waals surface area contributed by atoms with E-state index in [1.807, 2.05) is 31.3 Å². The molecule has 0 atom stereocenters. The van der Waals surface area contributed by atoms with Crippen LogP contribution in [-0.4, -0.2) is 24.5 Å². The normalized spacial score (nSPS) is 10.2. The zero-order valence-corrected chi connectivity index (χ0v) is 11.3. The molecule has 0 aliphatic heterocycles. The van der Waals surface area contributed by atoms with E-state index in [9.17, 15) is 4.79 Å². The third-order valence-electron chi connectivity index (χ3n) is 2.86. The molecular formula is C14H23N3O. The second-order valence-electron chi connectivity index (χ2n) is 4.46. The fraction of sp³-hybridized carbons (Fsp3) is 0.500. The number of hydrogen-bond acceptors (Lipinski definition) is 2. The second kappa shape index (κ2) is 7.71. The third-order valence-corrected chi connectivity index (χ3v) is 2.86. The zero-order chi connectivity index (χ0) is 13.4. The van der Waals surface area contributed by atoms with Gasteiger partial charge in [0.1, 0.15) is 0 Å². The number of urea groups is 1. The number of nitrogens with one attached hydrogen (secondary N) is 1. The van der Waals surface area contributed by atoms with Gasteiger partial charge in [0.05, 0.1) is 0 Å². The number of hydrogen-bond donors (Lipinski definition) is 2. The number of amides is 2. The molecule has 0 aliphatic rings. The van der Waals surface area contributed by atoms with Crippen molar-refractivity contribution < 1.29 is 4.79 Å². The molecule has 3 N–H and O–H groups in total. The molecule has 1 rings (SSSR count). The Morgan fingerprint density at radius 1 is 1.39 bits per heavy atom. The standard InChI is InChI=1S/C14H23N3O/c1-3-4-5-9-17(2)14(18)16-13-8-6-7-12(10-13)11-15/h6-8,10H,3-5,9,11,15H2,1-2H3,(H,16,18). The lowest BCUT2D eigenvalue weighted by atomic mass is 10.2. The van der Waals surface area contributed by atoms with Gasteiger partial charge in [-0.3, -0.25) is 0 Å². The number of nitrogens with zero attached hydrogens (tertiary/aromatic N) is 1. The Labute approximate surface area is 109 Å². The molecule has 0 heterocycles. The Bertz CT molecular complexity index is 379. The van der Waals surface area contributed by atoms with Crippen LogP contribution in [0.4, 0.5) is 10.5 Å². The molecule has 0 aliphatic carbocycles. The van der Waals surface area contributed by atoms with Crippen LogP contribution in [0.3, 0.4) is 0 Å². The first-order chi connectivity index (χ1) is 8.67. The quantitative estimate of drug-likeness (QED) is 0.762. The molecule has 0 saturated heterocycles. The average Bonchev–Trinajstić information content (AvgIpc) is 2.39. The van der Waals surface area contributed by atoms with Gasteiger partial charge in [0.15, 0.2) is 0 Å². The summed E-state index contributed by atoms with van der Waals surface area (Å²) in [4.78, 5) is 13.6. The maximum atomic E-state index is 11.9. The first-order valence-corrected chi connectivity index (χ1v) is 6.48. The van der Waals surface area contributed by atoms with Gasteiger partial charge in [0, 0.05) is 25.8 Å². The van der Waals surface area contributed by atoms with Gasteiger partial charge in [-0.1, -0.05) is 31.9 Å². The lowest BCUT2D eigenvalue weighted by molar-refractivity contribution is 0.221. The van der Waals surface area contributed by atoms with E-state index in [0.29, 0.717) is 6.54 Å². The van der Waals surface area contributed by atoms with Crippen LogP contribution in [-0.2, 0) is 6.54 Å². The van der Waals surface area contributed by atoms with Crippen molar-refractivity contribution >= 4 is 11.7 Å². The summed E-state index contributed by atoms with van der Waals surface area (Å²) in [5, 5.41) is 2.87. The fourth-order valence-electron chi connectivity index (χ4n) is 1.70. The molecule has 18 heavy (non-hydrogen) atoms. The highest BCUT2D eigenvalue weighted by Gasteiger charge is 2.08. The van der Waals surface area contributed by atoms with Gasteiger partial charge in [0.25, 0.3) is 0 Å². The van der Waals surface area contributed by atoms with Gasteiger partial charge in [-0.15, -0.1) is 0 Å². The van der Waals surface area contributed by atoms with E-state index in [4.69, 9.17) is 5.73 Å². The molecule has 4 nitrogen and oxygen atoms in total. The molecule has 0 radical (unpaired) electrons. The van der Waals surface area contributed by atoms with E-state index in [1.165, 1.54) is 0 Å². The van der Waals surface area contributed by atoms with E-state index in [-0.39, 0.29) is 6.03 Å². The van der Waals surface area contributed by atoms with E-state index >= 15 is 0 Å². The summed E-state index contributed by atoms with van der Waals surface area (Å²) < 4.78 is 0. The highest BCUT2D eigenvalue weighted by Crippen LogP contribution is 2.11. The monoisotopic (exact) mass is 249 g/mol. The molecule has 0 bridgehead atoms. The van der Waals surface area contributed by atoms with E-state index < -0.39 is 0 Å². The largest absolute Gasteiger partial charge is 0.328 e. The number of carbonyl (C=O) groups is 1. The number of unbranched alkanes of at least 4 members (excludes halogenated alkanes) is 2. The van der Waals surface area contributed by atoms with Gasteiger partial charge in [0.2, 0.25) is 0 Å². The van der Waals surface area contributed by atoms with Gasteiger partial charge >= 0.3 is 6.03 Å². The van der Waals surface area contributed by atoms with Crippen molar-refractivity contribution in [3.63, 3.8) is 0 Å². The molecule has 0 fully saturated rings. The number of nitrogens with two attached hydrogens (primary N) is 1. The van der Waals surface area contributed by atoms with Crippen molar-refractivity contribution in [1.82, 2.24) is 4.90 Å². The molecule has 2 amide bonds. The van der Waals surface area contributed by atoms with Gasteiger partial charge < -0.3 is 16.0 Å². The summed E-state index contributed by atoms with van der Waals surface area (Å²) in [7, 11) is 1.82. The lowest BCUT2D eigenvalue weighted by Gasteiger charge is -2.18. The van der Waals surface area contributed by atoms with Gasteiger partial charge in [-0.2, -0.15) is 0 Å². The molecule has 4 heteroatoms. The Kier molecular flexibility index (Phi) is 6.22. The Morgan fingerprint density at radius 2 is 2.17 bits per heavy atom. The molecule has 1 aromatic carbocycles. The van der Waals surface area contributed by atoms with Crippen molar-refractivity contribution in [2.75, 3.05) is 18.9 Å². The van der Waals surface area contributed by atoms with Gasteiger partial charge in [-0.05, 0) is 24.1 Å². The maximum Gasteiger partial charge on any atom is 0.321 e. The van der Waals surface area contributed by atoms with Crippen LogP contribution in [0, 0.1) is 0 Å². The Balaban J connectivity index is 2.47. The maximum absolute atomic E-state index is 11.9. The summed E-state index contributed by atoms with van der Waals surface area (Å²) in [6.07, 6.45) is 3.36. The smallest absolute Gasteiger partial charge is 0.321 e. The predicted octanol–water partition coefficient (Wildman–Crippen LogP) is 2.80. The molecular weight excluding hydrogens is 226 g/mol. The lowest BCUT2D eigenvalue weighted by Crippen LogP contribution is -2.32. The number of rotatable bonds is 6. The average molecular weight is 249 g/mol. The SMILES string of the molecule is CCCCCN(C)C(=O)Nc1cccc(CN)c1. The first kappa shape index (κ1) is 14.5. The van der Waals surface area contributed by atoms with Crippen molar-refractivity contribution in [2.45, 2.75) is 32.7 Å². The summed E-state index contributed by atoms with van der Waals surface area (Å²) in [6.45, 7) is 3.42. The highest BCUT2D eigenvalue weighted by molar-refractivity contribution is 5.89. The van der Waals surface area contributed by atoms with Crippen LogP contribution >= 0.6 is 0 Å². The second-order valence-corrected chi connectivity index (χ2v) is 4.46. The molecule has 0 unspecified atom stereocenters. The van der Waals surface area contributed by atoms with Crippen molar-refractivity contribution in [3.8, 4) is 0 Å². The minimum absolute atomic E-state index is 0.0692. The minimum Gasteiger partial charge on any atom is -0.328 e. The predicted molar refractivity (Wildman–Crippen MR) is 75.5 cm³/mol. The topological polar surface area (TPSA) is 58.4 Å². The van der Waals surface area contributed by atoms with E-state index in [2.05, 4.69) is 12.2 Å². The molecule has 0 aromatic heterocycles. The van der Waals surface area contributed by atoms with Crippen molar-refractivity contribution in [1.29, 1.82) is 0 Å². The first-order valence-electron chi connectivity index (χ1n) is 6.48. The van der Waals surface area contributed by atoms with Crippen molar-refractivity contribution in [3.05, 3.63) is 29.8 Å². The fourth-order valence-corrected chi connectivity index (χ4v) is 1.70. The van der Waals surface area contributed by atoms with Crippen LogP contribution in [0.2, 0.25) is 0 Å². The van der Waals surface area contributed by atoms with Crippen molar-refractivity contribution in [2.24, 2.45) is 5.73 Å². The summed E-state index contributed by atoms with van der Waals surface area (Å²) in [5.74, 6) is 0. The van der Waals surface area contributed by atoms with Crippen LogP contribution in [0.15, 0.2) is 24.3 Å². The summed E-state index contributed by atoms with van der Waals surface area (Å²) >= 11 is 0. The van der Waals surface area contributed by atoms with Crippen LogP contribution in [0.5, 0.6) is 0 Å². The third kappa shape index (κ3) is 4.75. The zero-order valence-electron chi connectivity index (χ0n) is 11.3. The number of carbonyl (C=O) groups excluding carboxylic acids is 1. The number of anilines is 1. The Morgan fingerprint density at radius 3 is 2.83 bits per heavy atom. The molecule has 1 aromatic rings. The van der Waals surface area contributed by atoms with Crippen LogP contribution in [0.1, 0.15) is 31.7 Å². The number of benzene rings is 1. The summed E-state index contributed by atoms with van der Waals surface area (Å²) in [5.41, 5.74) is 7.38. The summed E-state index contributed by atoms with van der Waals surface area (Å²) in [6, 6.07) is 7.55. The van der Waals surface area contributed by atoms with Gasteiger partial charge in [-0.25, -0.2) is 4.79 Å². The van der Waals surface area contributed by atoms with E-state index in [0.717, 1.165) is 37.1 Å². The highest BCUT2D eigenvalue weighted by atomic mass is 16.2. The Hall–Kier alpha value is -1.55. The minimum atomic E-state index is -0.0692. The van der Waals surface area contributed by atoms with Crippen LogP contribution < -0.4 is 11.1 Å².